The highest BCUT2D eigenvalue weighted by Gasteiger charge is 2.15. The average molecular weight is 583 g/mol. The third-order valence-corrected chi connectivity index (χ3v) is 7.21. The van der Waals surface area contributed by atoms with Gasteiger partial charge in [-0.2, -0.15) is 0 Å². The predicted octanol–water partition coefficient (Wildman–Crippen LogP) is 7.59. The zero-order chi connectivity index (χ0) is 30.0. The molecule has 0 fully saturated rings. The normalized spacial score (nSPS) is 11.1. The van der Waals surface area contributed by atoms with Gasteiger partial charge in [0.15, 0.2) is 34.7 Å². The van der Waals surface area contributed by atoms with Gasteiger partial charge in [0, 0.05) is 58.2 Å². The van der Waals surface area contributed by atoms with Crippen LogP contribution in [0.1, 0.15) is 0 Å². The second kappa shape index (κ2) is 11.3. The van der Waals surface area contributed by atoms with Gasteiger partial charge >= 0.3 is 0 Å². The van der Waals surface area contributed by atoms with E-state index < -0.39 is 0 Å². The molecule has 0 saturated carbocycles. The second-order valence-corrected chi connectivity index (χ2v) is 10.2. The van der Waals surface area contributed by atoms with Crippen molar-refractivity contribution in [3.63, 3.8) is 0 Å². The fourth-order valence-electron chi connectivity index (χ4n) is 5.01. The van der Waals surface area contributed by atoms with Crippen molar-refractivity contribution in [2.75, 3.05) is 0 Å². The van der Waals surface area contributed by atoms with Gasteiger partial charge in [0.05, 0.1) is 0 Å². The Morgan fingerprint density at radius 1 is 0.356 bits per heavy atom. The van der Waals surface area contributed by atoms with Gasteiger partial charge in [-0.15, -0.1) is 0 Å². The Labute approximate surface area is 257 Å². The molecular weight excluding hydrogens is 560 g/mol. The van der Waals surface area contributed by atoms with Crippen molar-refractivity contribution in [3.8, 4) is 68.4 Å². The van der Waals surface area contributed by atoms with E-state index in [1.807, 2.05) is 97.1 Å². The number of fused-ring (bicyclic) bond motifs is 1. The number of aromatic nitrogens is 8. The van der Waals surface area contributed by atoms with E-state index in [1.165, 1.54) is 0 Å². The minimum Gasteiger partial charge on any atom is -0.436 e. The summed E-state index contributed by atoms with van der Waals surface area (Å²) in [6.45, 7) is 0. The molecule has 45 heavy (non-hydrogen) atoms. The van der Waals surface area contributed by atoms with E-state index in [1.54, 1.807) is 36.9 Å². The van der Waals surface area contributed by atoms with E-state index in [-0.39, 0.29) is 0 Å². The third-order valence-electron chi connectivity index (χ3n) is 7.21. The summed E-state index contributed by atoms with van der Waals surface area (Å²) in [4.78, 5) is 37.1. The number of hydrogen-bond acceptors (Lipinski definition) is 9. The summed E-state index contributed by atoms with van der Waals surface area (Å²) < 4.78 is 5.98. The first-order chi connectivity index (χ1) is 22.3. The quantitative estimate of drug-likeness (QED) is 0.195. The largest absolute Gasteiger partial charge is 0.436 e. The first-order valence-electron chi connectivity index (χ1n) is 14.2. The monoisotopic (exact) mass is 582 g/mol. The maximum atomic E-state index is 5.98. The maximum Gasteiger partial charge on any atom is 0.227 e. The van der Waals surface area contributed by atoms with Gasteiger partial charge in [0.25, 0.3) is 0 Å². The molecule has 9 heteroatoms. The van der Waals surface area contributed by atoms with Gasteiger partial charge in [-0.05, 0) is 48.5 Å². The van der Waals surface area contributed by atoms with Crippen LogP contribution in [0.3, 0.4) is 0 Å². The van der Waals surface area contributed by atoms with Crippen LogP contribution in [-0.2, 0) is 0 Å². The van der Waals surface area contributed by atoms with E-state index in [2.05, 4.69) is 24.9 Å². The van der Waals surface area contributed by atoms with E-state index in [4.69, 9.17) is 19.4 Å². The van der Waals surface area contributed by atoms with Crippen LogP contribution in [0.4, 0.5) is 0 Å². The van der Waals surface area contributed by atoms with Crippen LogP contribution in [0.15, 0.2) is 138 Å². The standard InChI is InChI=1S/C36H22N8O/c1-2-12-30-29(11-1)41-36(45-30)24-15-13-23(14-16-24)33-42-34(27-9-3-7-25(21-27)31-37-17-5-18-38-31)44-35(43-33)28-10-4-8-26(22-28)32-39-19-6-20-40-32/h1-22H. The van der Waals surface area contributed by atoms with Crippen LogP contribution in [0.2, 0.25) is 0 Å². The molecule has 212 valence electrons. The van der Waals surface area contributed by atoms with Gasteiger partial charge in [-0.25, -0.2) is 39.9 Å². The molecule has 0 saturated heterocycles. The lowest BCUT2D eigenvalue weighted by molar-refractivity contribution is 0.620. The molecule has 0 aliphatic rings. The first kappa shape index (κ1) is 26.2. The van der Waals surface area contributed by atoms with E-state index >= 15 is 0 Å². The lowest BCUT2D eigenvalue weighted by atomic mass is 10.1. The molecule has 0 amide bonds. The van der Waals surface area contributed by atoms with Crippen LogP contribution in [-0.4, -0.2) is 39.9 Å². The van der Waals surface area contributed by atoms with Crippen molar-refractivity contribution in [2.45, 2.75) is 0 Å². The zero-order valence-corrected chi connectivity index (χ0v) is 23.7. The topological polar surface area (TPSA) is 116 Å². The molecule has 0 aliphatic carbocycles. The van der Waals surface area contributed by atoms with Crippen molar-refractivity contribution in [2.24, 2.45) is 0 Å². The second-order valence-electron chi connectivity index (χ2n) is 10.2. The van der Waals surface area contributed by atoms with Crippen molar-refractivity contribution < 1.29 is 4.42 Å². The van der Waals surface area contributed by atoms with E-state index in [0.717, 1.165) is 44.5 Å². The van der Waals surface area contributed by atoms with Crippen LogP contribution < -0.4 is 0 Å². The summed E-state index contributed by atoms with van der Waals surface area (Å²) >= 11 is 0. The smallest absolute Gasteiger partial charge is 0.227 e. The number of benzene rings is 4. The first-order valence-corrected chi connectivity index (χ1v) is 14.2. The van der Waals surface area contributed by atoms with Gasteiger partial charge in [0.1, 0.15) is 5.52 Å². The summed E-state index contributed by atoms with van der Waals surface area (Å²) in [6.07, 6.45) is 6.90. The molecular formula is C36H22N8O. The van der Waals surface area contributed by atoms with Crippen molar-refractivity contribution in [1.82, 2.24) is 39.9 Å². The molecule has 4 heterocycles. The fourth-order valence-corrected chi connectivity index (χ4v) is 5.01. The average Bonchev–Trinajstić information content (AvgIpc) is 3.57. The zero-order valence-electron chi connectivity index (χ0n) is 23.7. The lowest BCUT2D eigenvalue weighted by Gasteiger charge is -2.10. The Balaban J connectivity index is 1.23. The molecule has 0 aliphatic heterocycles. The van der Waals surface area contributed by atoms with Crippen LogP contribution in [0, 0.1) is 0 Å². The van der Waals surface area contributed by atoms with E-state index in [0.29, 0.717) is 35.0 Å². The molecule has 4 aromatic heterocycles. The van der Waals surface area contributed by atoms with E-state index in [9.17, 15) is 0 Å². The molecule has 9 nitrogen and oxygen atoms in total. The Morgan fingerprint density at radius 3 is 1.36 bits per heavy atom. The molecule has 0 bridgehead atoms. The summed E-state index contributed by atoms with van der Waals surface area (Å²) in [6, 6.07) is 34.9. The molecule has 0 N–H and O–H groups in total. The Kier molecular flexibility index (Phi) is 6.58. The van der Waals surface area contributed by atoms with Gasteiger partial charge in [-0.3, -0.25) is 0 Å². The molecule has 0 unspecified atom stereocenters. The number of hydrogen-bond donors (Lipinski definition) is 0. The van der Waals surface area contributed by atoms with Gasteiger partial charge in [-0.1, -0.05) is 60.7 Å². The fraction of sp³-hybridized carbons (Fsp3) is 0. The van der Waals surface area contributed by atoms with Crippen LogP contribution in [0.25, 0.3) is 79.5 Å². The SMILES string of the molecule is c1cnc(-c2cccc(-c3nc(-c4ccc(-c5nc6ccccc6o5)cc4)nc(-c4cccc(-c5ncccn5)c4)n3)c2)nc1. The molecule has 0 atom stereocenters. The number of oxazole rings is 1. The predicted molar refractivity (Wildman–Crippen MR) is 171 cm³/mol. The summed E-state index contributed by atoms with van der Waals surface area (Å²) in [7, 11) is 0. The number of rotatable bonds is 6. The van der Waals surface area contributed by atoms with Gasteiger partial charge < -0.3 is 4.42 Å². The Bertz CT molecular complexity index is 2140. The highest BCUT2D eigenvalue weighted by atomic mass is 16.3. The number of nitrogens with zero attached hydrogens (tertiary/aromatic N) is 8. The minimum absolute atomic E-state index is 0.525. The highest BCUT2D eigenvalue weighted by Crippen LogP contribution is 2.30. The van der Waals surface area contributed by atoms with Crippen molar-refractivity contribution >= 4 is 11.1 Å². The molecule has 0 radical (unpaired) electrons. The minimum atomic E-state index is 0.525. The summed E-state index contributed by atoms with van der Waals surface area (Å²) in [5, 5.41) is 0. The lowest BCUT2D eigenvalue weighted by Crippen LogP contribution is -2.01. The Hall–Kier alpha value is -6.48. The van der Waals surface area contributed by atoms with Crippen LogP contribution >= 0.6 is 0 Å². The van der Waals surface area contributed by atoms with Crippen molar-refractivity contribution in [3.05, 3.63) is 134 Å². The summed E-state index contributed by atoms with van der Waals surface area (Å²) in [5.74, 6) is 3.38. The molecule has 0 spiro atoms. The highest BCUT2D eigenvalue weighted by molar-refractivity contribution is 5.77. The molecule has 8 rings (SSSR count). The Morgan fingerprint density at radius 2 is 0.822 bits per heavy atom. The van der Waals surface area contributed by atoms with Gasteiger partial charge in [0.2, 0.25) is 5.89 Å². The molecule has 8 aromatic rings. The number of para-hydroxylation sites is 2. The van der Waals surface area contributed by atoms with Crippen molar-refractivity contribution in [1.29, 1.82) is 0 Å². The molecule has 4 aromatic carbocycles. The van der Waals surface area contributed by atoms with Crippen LogP contribution in [0.5, 0.6) is 0 Å². The summed E-state index contributed by atoms with van der Waals surface area (Å²) in [5.41, 5.74) is 6.60. The maximum absolute atomic E-state index is 5.98. The third kappa shape index (κ3) is 5.30.